The second-order valence-corrected chi connectivity index (χ2v) is 8.49. The summed E-state index contributed by atoms with van der Waals surface area (Å²) in [6.45, 7) is -0.858. The first-order valence-corrected chi connectivity index (χ1v) is 11.5. The first-order valence-electron chi connectivity index (χ1n) is 16.5. The fourth-order valence-electron chi connectivity index (χ4n) is 4.27. The minimum absolute atomic E-state index is 0.0187. The average Bonchev–Trinajstić information content (AvgIpc) is 3.82. The van der Waals surface area contributed by atoms with Gasteiger partial charge in [-0.1, -0.05) is 22.7 Å². The number of fused-ring (bicyclic) bond motifs is 1. The normalized spacial score (nSPS) is 18.1. The van der Waals surface area contributed by atoms with Gasteiger partial charge in [0, 0.05) is 36.5 Å². The van der Waals surface area contributed by atoms with Gasteiger partial charge in [-0.15, -0.1) is 0 Å². The average molecular weight is 538 g/mol. The second-order valence-electron chi connectivity index (χ2n) is 8.49. The highest BCUT2D eigenvalue weighted by atomic mass is 16.5. The molecule has 1 N–H and O–H groups in total. The number of rotatable bonds is 6. The van der Waals surface area contributed by atoms with E-state index < -0.39 is 31.4 Å². The number of H-pyrrole nitrogens is 1. The number of nitrogens with one attached hydrogen (secondary N) is 1. The summed E-state index contributed by atoms with van der Waals surface area (Å²) in [4.78, 5) is 40.9. The molecule has 1 aliphatic heterocycles. The Bertz CT molecular complexity index is 2080. The van der Waals surface area contributed by atoms with Gasteiger partial charge in [-0.05, 0) is 36.3 Å². The van der Waals surface area contributed by atoms with E-state index in [0.29, 0.717) is 0 Å². The number of aryl methyl sites for hydroxylation is 1. The number of aromatic amines is 1. The van der Waals surface area contributed by atoms with E-state index in [1.165, 1.54) is 18.0 Å². The van der Waals surface area contributed by atoms with Crippen LogP contribution >= 0.6 is 0 Å². The number of nitrogens with zero attached hydrogens (tertiary/aromatic N) is 10. The number of Topliss-reactive ketones (excluding diaryl/α,β-unsaturated/α-hetero) is 1. The van der Waals surface area contributed by atoms with Gasteiger partial charge >= 0.3 is 0 Å². The van der Waals surface area contributed by atoms with Crippen LogP contribution in [0.2, 0.25) is 0 Å². The molecule has 39 heavy (non-hydrogen) atoms. The molecular formula is C25H25N11O3. The third kappa shape index (κ3) is 4.24. The monoisotopic (exact) mass is 537 g/mol. The van der Waals surface area contributed by atoms with Crippen molar-refractivity contribution in [3.63, 3.8) is 0 Å². The minimum Gasteiger partial charge on any atom is -0.494 e. The molecule has 14 heteroatoms. The van der Waals surface area contributed by atoms with Gasteiger partial charge in [-0.2, -0.15) is 9.78 Å². The van der Waals surface area contributed by atoms with Crippen LogP contribution in [-0.4, -0.2) is 94.7 Å². The first-order chi connectivity index (χ1) is 23.0. The number of tetrazole rings is 1. The van der Waals surface area contributed by atoms with Crippen molar-refractivity contribution in [1.29, 1.82) is 0 Å². The molecular weight excluding hydrogens is 502 g/mol. The number of methoxy groups -OCH3 is 1. The third-order valence-electron chi connectivity index (χ3n) is 6.16. The summed E-state index contributed by atoms with van der Waals surface area (Å²) >= 11 is 0. The molecule has 6 rings (SSSR count). The lowest BCUT2D eigenvalue weighted by molar-refractivity contribution is -0.126. The topological polar surface area (TPSA) is 153 Å². The molecule has 5 heterocycles. The van der Waals surface area contributed by atoms with Crippen LogP contribution in [0.25, 0.3) is 22.4 Å². The van der Waals surface area contributed by atoms with Gasteiger partial charge in [-0.3, -0.25) is 9.59 Å². The maximum Gasteiger partial charge on any atom is 0.295 e. The third-order valence-corrected chi connectivity index (χ3v) is 6.16. The van der Waals surface area contributed by atoms with Gasteiger partial charge in [0.15, 0.2) is 5.82 Å². The Balaban J connectivity index is 1.27. The predicted molar refractivity (Wildman–Crippen MR) is 139 cm³/mol. The lowest BCUT2D eigenvalue weighted by Crippen LogP contribution is -2.51. The highest BCUT2D eigenvalue weighted by Gasteiger charge is 2.31. The van der Waals surface area contributed by atoms with Crippen LogP contribution in [0, 0.1) is 13.8 Å². The molecule has 1 amide bonds. The van der Waals surface area contributed by atoms with E-state index in [2.05, 4.69) is 35.6 Å². The quantitative estimate of drug-likeness (QED) is 0.247. The van der Waals surface area contributed by atoms with Crippen LogP contribution in [-0.2, 0) is 4.79 Å². The Hall–Kier alpha value is -5.14. The van der Waals surface area contributed by atoms with E-state index in [4.69, 9.17) is 18.4 Å². The molecule has 1 fully saturated rings. The Morgan fingerprint density at radius 2 is 1.95 bits per heavy atom. The maximum absolute atomic E-state index is 13.7. The standard InChI is InChI=1S/C25H25N11O3/c1-15-4-6-17(7-5-15)36-25(29-31-32-36)34-10-8-33(9-11-34)24(38)22(37)18-12-26-21-20(18)19(39-3)13-27-23(21)35-14-28-16(2)30-35/h4-7,12-14,26H,8-11H2,1-3H3/i2D3,3D3,4D,5D,6D,7D. The van der Waals surface area contributed by atoms with Crippen molar-refractivity contribution in [1.82, 2.24) is 49.8 Å². The fourth-order valence-corrected chi connectivity index (χ4v) is 4.27. The van der Waals surface area contributed by atoms with Gasteiger partial charge in [0.25, 0.3) is 11.7 Å². The van der Waals surface area contributed by atoms with Gasteiger partial charge in [-0.25, -0.2) is 14.6 Å². The Kier molecular flexibility index (Phi) is 3.78. The number of piperazine rings is 1. The molecule has 0 unspecified atom stereocenters. The number of aromatic nitrogens is 9. The molecule has 4 aromatic heterocycles. The molecule has 0 aliphatic carbocycles. The van der Waals surface area contributed by atoms with Crippen molar-refractivity contribution in [2.24, 2.45) is 0 Å². The molecule has 5 aromatic rings. The zero-order valence-electron chi connectivity index (χ0n) is 30.3. The van der Waals surface area contributed by atoms with Crippen LogP contribution < -0.4 is 9.64 Å². The number of amides is 1. The number of hydrogen-bond donors (Lipinski definition) is 1. The fraction of sp³-hybridized carbons (Fsp3) is 0.280. The number of ketones is 1. The summed E-state index contributed by atoms with van der Waals surface area (Å²) in [5, 5.41) is 15.4. The van der Waals surface area contributed by atoms with E-state index >= 15 is 0 Å². The van der Waals surface area contributed by atoms with Gasteiger partial charge in [0.2, 0.25) is 5.95 Å². The summed E-state index contributed by atoms with van der Waals surface area (Å²) in [7, 11) is -2.95. The van der Waals surface area contributed by atoms with Crippen LogP contribution in [0.1, 0.15) is 35.5 Å². The molecule has 0 radical (unpaired) electrons. The highest BCUT2D eigenvalue weighted by Crippen LogP contribution is 2.32. The van der Waals surface area contributed by atoms with Gasteiger partial charge in [0.05, 0.1) is 45.0 Å². The molecule has 1 aliphatic rings. The second kappa shape index (κ2) is 9.63. The van der Waals surface area contributed by atoms with Gasteiger partial charge in [0.1, 0.15) is 17.9 Å². The summed E-state index contributed by atoms with van der Waals surface area (Å²) < 4.78 is 85.7. The summed E-state index contributed by atoms with van der Waals surface area (Å²) in [6.07, 6.45) is 3.29. The predicted octanol–water partition coefficient (Wildman–Crippen LogP) is 1.28. The van der Waals surface area contributed by atoms with E-state index in [-0.39, 0.29) is 95.6 Å². The number of ether oxygens (including phenoxy) is 1. The summed E-state index contributed by atoms with van der Waals surface area (Å²) in [6, 6.07) is -1.12. The van der Waals surface area contributed by atoms with Crippen molar-refractivity contribution in [3.8, 4) is 17.3 Å². The number of hydrogen-bond acceptors (Lipinski definition) is 10. The molecule has 14 nitrogen and oxygen atoms in total. The van der Waals surface area contributed by atoms with Gasteiger partial charge < -0.3 is 19.5 Å². The summed E-state index contributed by atoms with van der Waals surface area (Å²) in [5.41, 5.74) is -0.168. The number of anilines is 1. The molecule has 198 valence electrons. The number of carbonyl (C=O) groups is 2. The smallest absolute Gasteiger partial charge is 0.295 e. The van der Waals surface area contributed by atoms with E-state index in [1.54, 1.807) is 4.90 Å². The van der Waals surface area contributed by atoms with Crippen molar-refractivity contribution in [2.75, 3.05) is 38.1 Å². The van der Waals surface area contributed by atoms with Crippen molar-refractivity contribution in [3.05, 3.63) is 59.8 Å². The minimum atomic E-state index is -2.95. The van der Waals surface area contributed by atoms with Crippen molar-refractivity contribution >= 4 is 28.5 Å². The van der Waals surface area contributed by atoms with Crippen LogP contribution in [0.4, 0.5) is 5.95 Å². The molecule has 0 saturated carbocycles. The largest absolute Gasteiger partial charge is 0.494 e. The molecule has 0 bridgehead atoms. The lowest BCUT2D eigenvalue weighted by Gasteiger charge is -2.34. The van der Waals surface area contributed by atoms with E-state index in [1.807, 2.05) is 0 Å². The number of carbonyl (C=O) groups excluding carboxylic acids is 2. The van der Waals surface area contributed by atoms with Crippen LogP contribution in [0.3, 0.4) is 0 Å². The van der Waals surface area contributed by atoms with Crippen LogP contribution in [0.5, 0.6) is 5.75 Å². The zero-order valence-corrected chi connectivity index (χ0v) is 20.3. The maximum atomic E-state index is 13.7. The molecule has 1 aromatic carbocycles. The number of pyridine rings is 1. The highest BCUT2D eigenvalue weighted by molar-refractivity contribution is 6.45. The first kappa shape index (κ1) is 15.3. The Labute approximate surface area is 236 Å². The lowest BCUT2D eigenvalue weighted by atomic mass is 10.1. The zero-order chi connectivity index (χ0) is 35.6. The Morgan fingerprint density at radius 3 is 2.69 bits per heavy atom. The molecule has 0 spiro atoms. The van der Waals surface area contributed by atoms with Crippen molar-refractivity contribution in [2.45, 2.75) is 13.8 Å². The van der Waals surface area contributed by atoms with Crippen LogP contribution in [0.15, 0.2) is 42.9 Å². The SMILES string of the molecule is [2H]c1c([2H])c(-n2nnnc2N2CCN(C(=O)C(=O)c3c[nH]c4c(-n5cnc(C([2H])([2H])[2H])n5)ncc(OC([2H])([2H])[2H])c34)CC2)c([2H])c([2H])c1C. The summed E-state index contributed by atoms with van der Waals surface area (Å²) in [5.74, 6) is -2.65. The van der Waals surface area contributed by atoms with Crippen molar-refractivity contribution < 1.29 is 28.0 Å². The van der Waals surface area contributed by atoms with E-state index in [9.17, 15) is 9.59 Å². The Morgan fingerprint density at radius 1 is 1.13 bits per heavy atom. The number of benzene rings is 1. The van der Waals surface area contributed by atoms with E-state index in [0.717, 1.165) is 21.9 Å². The molecule has 0 atom stereocenters. The molecule has 1 saturated heterocycles.